The molecule has 1 aromatic carbocycles. The van der Waals surface area contributed by atoms with Crippen LogP contribution in [0.4, 0.5) is 0 Å². The highest BCUT2D eigenvalue weighted by Crippen LogP contribution is 2.28. The second-order valence-electron chi connectivity index (χ2n) is 10.2. The van der Waals surface area contributed by atoms with Gasteiger partial charge in [0.15, 0.2) is 0 Å². The molecule has 2 unspecified atom stereocenters. The van der Waals surface area contributed by atoms with Gasteiger partial charge in [-0.1, -0.05) is 19.9 Å². The van der Waals surface area contributed by atoms with Crippen LogP contribution in [0.5, 0.6) is 0 Å². The van der Waals surface area contributed by atoms with Crippen molar-refractivity contribution in [1.82, 2.24) is 14.1 Å². The van der Waals surface area contributed by atoms with Gasteiger partial charge in [-0.25, -0.2) is 8.42 Å². The third-order valence-corrected chi connectivity index (χ3v) is 9.18. The van der Waals surface area contributed by atoms with Crippen LogP contribution in [-0.2, 0) is 14.8 Å². The maximum Gasteiger partial charge on any atom is 0.253 e. The predicted octanol–water partition coefficient (Wildman–Crippen LogP) is 3.22. The standard InChI is InChI=1S/C25H37N3O4S/c1-19-15-20(2)18-28(17-19)33(31,32)23-8-6-7-22(16-23)25(30)27-13-9-21(10-14-27)24(29)26-11-4-3-5-12-26/h6-8,16,19-21H,3-5,9-15,17-18H2,1-2H3. The van der Waals surface area contributed by atoms with Gasteiger partial charge in [-0.15, -0.1) is 0 Å². The van der Waals surface area contributed by atoms with E-state index in [9.17, 15) is 18.0 Å². The van der Waals surface area contributed by atoms with Crippen LogP contribution in [0.2, 0.25) is 0 Å². The number of hydrogen-bond acceptors (Lipinski definition) is 4. The first-order valence-corrected chi connectivity index (χ1v) is 13.9. The van der Waals surface area contributed by atoms with Gasteiger partial charge in [0.2, 0.25) is 15.9 Å². The molecule has 0 saturated carbocycles. The van der Waals surface area contributed by atoms with Gasteiger partial charge in [-0.05, 0) is 68.6 Å². The van der Waals surface area contributed by atoms with E-state index in [1.54, 1.807) is 27.4 Å². The Morgan fingerprint density at radius 2 is 1.52 bits per heavy atom. The zero-order valence-corrected chi connectivity index (χ0v) is 20.7. The Kier molecular flexibility index (Phi) is 7.43. The van der Waals surface area contributed by atoms with E-state index in [-0.39, 0.29) is 22.6 Å². The Labute approximate surface area is 198 Å². The number of hydrogen-bond donors (Lipinski definition) is 0. The molecule has 3 aliphatic heterocycles. The van der Waals surface area contributed by atoms with E-state index in [1.165, 1.54) is 12.5 Å². The fourth-order valence-electron chi connectivity index (χ4n) is 5.63. The molecule has 3 heterocycles. The first kappa shape index (κ1) is 24.2. The molecule has 0 spiro atoms. The predicted molar refractivity (Wildman–Crippen MR) is 127 cm³/mol. The highest BCUT2D eigenvalue weighted by Gasteiger charge is 2.33. The van der Waals surface area contributed by atoms with Crippen molar-refractivity contribution in [2.24, 2.45) is 17.8 Å². The molecule has 4 rings (SSSR count). The largest absolute Gasteiger partial charge is 0.342 e. The molecule has 182 valence electrons. The molecule has 2 atom stereocenters. The quantitative estimate of drug-likeness (QED) is 0.670. The van der Waals surface area contributed by atoms with Crippen molar-refractivity contribution in [3.8, 4) is 0 Å². The Balaban J connectivity index is 1.40. The van der Waals surface area contributed by atoms with Crippen LogP contribution in [0.3, 0.4) is 0 Å². The van der Waals surface area contributed by atoms with Gasteiger partial charge in [-0.2, -0.15) is 4.31 Å². The van der Waals surface area contributed by atoms with E-state index < -0.39 is 10.0 Å². The van der Waals surface area contributed by atoms with Crippen LogP contribution < -0.4 is 0 Å². The minimum atomic E-state index is -3.63. The number of amides is 2. The van der Waals surface area contributed by atoms with E-state index in [2.05, 4.69) is 13.8 Å². The first-order valence-electron chi connectivity index (χ1n) is 12.4. The number of carbonyl (C=O) groups excluding carboxylic acids is 2. The van der Waals surface area contributed by atoms with E-state index >= 15 is 0 Å². The van der Waals surface area contributed by atoms with E-state index in [4.69, 9.17) is 0 Å². The highest BCUT2D eigenvalue weighted by atomic mass is 32.2. The van der Waals surface area contributed by atoms with Crippen molar-refractivity contribution in [2.45, 2.75) is 57.3 Å². The summed E-state index contributed by atoms with van der Waals surface area (Å²) in [6, 6.07) is 6.45. The van der Waals surface area contributed by atoms with Crippen molar-refractivity contribution in [3.63, 3.8) is 0 Å². The summed E-state index contributed by atoms with van der Waals surface area (Å²) in [5.41, 5.74) is 0.398. The summed E-state index contributed by atoms with van der Waals surface area (Å²) >= 11 is 0. The summed E-state index contributed by atoms with van der Waals surface area (Å²) in [6.07, 6.45) is 5.72. The van der Waals surface area contributed by atoms with Crippen molar-refractivity contribution >= 4 is 21.8 Å². The van der Waals surface area contributed by atoms with Crippen molar-refractivity contribution in [2.75, 3.05) is 39.3 Å². The summed E-state index contributed by atoms with van der Waals surface area (Å²) in [4.78, 5) is 29.9. The summed E-state index contributed by atoms with van der Waals surface area (Å²) in [6.45, 7) is 7.96. The Hall–Kier alpha value is -1.93. The summed E-state index contributed by atoms with van der Waals surface area (Å²) < 4.78 is 28.1. The van der Waals surface area contributed by atoms with Crippen molar-refractivity contribution in [1.29, 1.82) is 0 Å². The fourth-order valence-corrected chi connectivity index (χ4v) is 7.35. The molecule has 2 amide bonds. The topological polar surface area (TPSA) is 78.0 Å². The SMILES string of the molecule is CC1CC(C)CN(S(=O)(=O)c2cccc(C(=O)N3CCC(C(=O)N4CCCCC4)CC3)c2)C1. The van der Waals surface area contributed by atoms with Crippen LogP contribution in [0.1, 0.15) is 62.7 Å². The van der Waals surface area contributed by atoms with Gasteiger partial charge >= 0.3 is 0 Å². The molecule has 0 radical (unpaired) electrons. The van der Waals surface area contributed by atoms with Crippen LogP contribution in [0, 0.1) is 17.8 Å². The lowest BCUT2D eigenvalue weighted by Gasteiger charge is -2.35. The van der Waals surface area contributed by atoms with Gasteiger partial charge in [-0.3, -0.25) is 9.59 Å². The molecular formula is C25H37N3O4S. The number of piperidine rings is 3. The maximum absolute atomic E-state index is 13.3. The van der Waals surface area contributed by atoms with Crippen LogP contribution in [0.25, 0.3) is 0 Å². The number of carbonyl (C=O) groups is 2. The minimum Gasteiger partial charge on any atom is -0.342 e. The Bertz CT molecular complexity index is 956. The van der Waals surface area contributed by atoms with Crippen LogP contribution in [0.15, 0.2) is 29.2 Å². The normalized spacial score (nSPS) is 25.8. The number of sulfonamides is 1. The monoisotopic (exact) mass is 475 g/mol. The van der Waals surface area contributed by atoms with Gasteiger partial charge < -0.3 is 9.80 Å². The number of benzene rings is 1. The lowest BCUT2D eigenvalue weighted by atomic mass is 9.94. The van der Waals surface area contributed by atoms with Gasteiger partial charge in [0, 0.05) is 50.7 Å². The zero-order valence-electron chi connectivity index (χ0n) is 19.9. The highest BCUT2D eigenvalue weighted by molar-refractivity contribution is 7.89. The van der Waals surface area contributed by atoms with Gasteiger partial charge in [0.05, 0.1) is 4.90 Å². The molecule has 3 fully saturated rings. The second kappa shape index (κ2) is 10.1. The number of nitrogens with zero attached hydrogens (tertiary/aromatic N) is 3. The first-order chi connectivity index (χ1) is 15.8. The van der Waals surface area contributed by atoms with Crippen molar-refractivity contribution < 1.29 is 18.0 Å². The van der Waals surface area contributed by atoms with E-state index in [1.807, 2.05) is 4.90 Å². The van der Waals surface area contributed by atoms with Crippen LogP contribution in [-0.4, -0.2) is 73.6 Å². The lowest BCUT2D eigenvalue weighted by molar-refractivity contribution is -0.137. The summed E-state index contributed by atoms with van der Waals surface area (Å²) in [5.74, 6) is 0.711. The zero-order chi connectivity index (χ0) is 23.6. The number of rotatable bonds is 4. The average molecular weight is 476 g/mol. The van der Waals surface area contributed by atoms with E-state index in [0.717, 1.165) is 32.4 Å². The molecule has 7 nitrogen and oxygen atoms in total. The van der Waals surface area contributed by atoms with Crippen molar-refractivity contribution in [3.05, 3.63) is 29.8 Å². The fraction of sp³-hybridized carbons (Fsp3) is 0.680. The van der Waals surface area contributed by atoms with Crippen LogP contribution >= 0.6 is 0 Å². The molecule has 0 aliphatic carbocycles. The number of likely N-dealkylation sites (tertiary alicyclic amines) is 2. The maximum atomic E-state index is 13.3. The minimum absolute atomic E-state index is 0.0121. The summed E-state index contributed by atoms with van der Waals surface area (Å²) in [7, 11) is -3.63. The lowest BCUT2D eigenvalue weighted by Crippen LogP contribution is -2.45. The average Bonchev–Trinajstić information content (AvgIpc) is 2.83. The molecule has 0 N–H and O–H groups in total. The third-order valence-electron chi connectivity index (χ3n) is 7.35. The van der Waals surface area contributed by atoms with Gasteiger partial charge in [0.1, 0.15) is 0 Å². The molecule has 1 aromatic rings. The smallest absolute Gasteiger partial charge is 0.253 e. The molecule has 0 bridgehead atoms. The molecule has 3 saturated heterocycles. The molecular weight excluding hydrogens is 438 g/mol. The second-order valence-corrected chi connectivity index (χ2v) is 12.2. The molecule has 3 aliphatic rings. The molecule has 0 aromatic heterocycles. The third kappa shape index (κ3) is 5.43. The molecule has 33 heavy (non-hydrogen) atoms. The summed E-state index contributed by atoms with van der Waals surface area (Å²) in [5, 5.41) is 0. The van der Waals surface area contributed by atoms with Gasteiger partial charge in [0.25, 0.3) is 5.91 Å². The Morgan fingerprint density at radius 3 is 2.15 bits per heavy atom. The molecule has 8 heteroatoms. The Morgan fingerprint density at radius 1 is 0.879 bits per heavy atom. The van der Waals surface area contributed by atoms with E-state index in [0.29, 0.717) is 56.4 Å².